The Morgan fingerprint density at radius 2 is 1.86 bits per heavy atom. The number of aromatic nitrogens is 2. The van der Waals surface area contributed by atoms with E-state index in [-0.39, 0.29) is 17.4 Å². The fourth-order valence-electron chi connectivity index (χ4n) is 2.65. The second-order valence-electron chi connectivity index (χ2n) is 6.28. The molecule has 0 radical (unpaired) electrons. The van der Waals surface area contributed by atoms with Gasteiger partial charge in [-0.05, 0) is 24.6 Å². The third kappa shape index (κ3) is 5.08. The number of nitrogens with one attached hydrogen (secondary N) is 1. The lowest BCUT2D eigenvalue weighted by atomic mass is 10.2. The van der Waals surface area contributed by atoms with Crippen molar-refractivity contribution >= 4 is 5.91 Å². The molecular weight excluding hydrogens is 370 g/mol. The first-order chi connectivity index (χ1) is 14.1. The van der Waals surface area contributed by atoms with Crippen LogP contribution in [0.2, 0.25) is 0 Å². The van der Waals surface area contributed by atoms with Gasteiger partial charge in [-0.25, -0.2) is 4.98 Å². The Bertz CT molecular complexity index is 977. The summed E-state index contributed by atoms with van der Waals surface area (Å²) in [6.45, 7) is 2.72. The van der Waals surface area contributed by atoms with Crippen LogP contribution in [0.1, 0.15) is 15.9 Å². The molecule has 0 atom stereocenters. The van der Waals surface area contributed by atoms with Gasteiger partial charge in [-0.2, -0.15) is 4.98 Å². The third-order valence-electron chi connectivity index (χ3n) is 4.15. The van der Waals surface area contributed by atoms with Crippen LogP contribution in [0.4, 0.5) is 0 Å². The number of rotatable bonds is 8. The van der Waals surface area contributed by atoms with E-state index in [1.807, 2.05) is 49.4 Å². The second kappa shape index (κ2) is 9.66. The second-order valence-corrected chi connectivity index (χ2v) is 6.28. The molecule has 1 aromatic heterocycles. The summed E-state index contributed by atoms with van der Waals surface area (Å²) in [5.74, 6) is 1.27. The summed E-state index contributed by atoms with van der Waals surface area (Å²) in [7, 11) is 3.14. The molecule has 29 heavy (non-hydrogen) atoms. The highest BCUT2D eigenvalue weighted by Gasteiger charge is 2.19. The van der Waals surface area contributed by atoms with E-state index >= 15 is 0 Å². The molecule has 2 aromatic carbocycles. The number of benzene rings is 2. The summed E-state index contributed by atoms with van der Waals surface area (Å²) in [5.41, 5.74) is 2.07. The van der Waals surface area contributed by atoms with E-state index in [4.69, 9.17) is 14.2 Å². The fraction of sp³-hybridized carbons (Fsp3) is 0.227. The van der Waals surface area contributed by atoms with Gasteiger partial charge in [0.15, 0.2) is 17.3 Å². The molecule has 0 bridgehead atoms. The van der Waals surface area contributed by atoms with Crippen LogP contribution in [-0.2, 0) is 4.74 Å². The number of hydrogen-bond acceptors (Lipinski definition) is 6. The van der Waals surface area contributed by atoms with Gasteiger partial charge in [0.25, 0.3) is 5.91 Å². The molecule has 0 unspecified atom stereocenters. The number of aryl methyl sites for hydroxylation is 1. The normalized spacial score (nSPS) is 10.4. The van der Waals surface area contributed by atoms with Crippen LogP contribution >= 0.6 is 0 Å². The molecule has 0 saturated heterocycles. The van der Waals surface area contributed by atoms with Gasteiger partial charge in [0.2, 0.25) is 5.88 Å². The van der Waals surface area contributed by atoms with E-state index in [0.29, 0.717) is 30.5 Å². The van der Waals surface area contributed by atoms with Gasteiger partial charge >= 0.3 is 0 Å². The van der Waals surface area contributed by atoms with Crippen molar-refractivity contribution in [1.29, 1.82) is 0 Å². The zero-order valence-corrected chi connectivity index (χ0v) is 16.6. The number of amides is 1. The monoisotopic (exact) mass is 393 g/mol. The predicted octanol–water partition coefficient (Wildman–Crippen LogP) is 3.63. The molecule has 0 saturated carbocycles. The van der Waals surface area contributed by atoms with Crippen LogP contribution in [0.15, 0.2) is 54.7 Å². The van der Waals surface area contributed by atoms with E-state index in [9.17, 15) is 4.79 Å². The standard InChI is InChI=1S/C22H23N3O4/c1-15-9-10-18(19(13-15)28-3)29-22-17(21(26)23-11-12-27-2)14-24-20(25-22)16-7-5-4-6-8-16/h4-10,13-14H,11-12H2,1-3H3,(H,23,26). The summed E-state index contributed by atoms with van der Waals surface area (Å²) in [6.07, 6.45) is 1.47. The number of hydrogen-bond donors (Lipinski definition) is 1. The number of carbonyl (C=O) groups is 1. The van der Waals surface area contributed by atoms with Gasteiger partial charge in [-0.3, -0.25) is 4.79 Å². The third-order valence-corrected chi connectivity index (χ3v) is 4.15. The van der Waals surface area contributed by atoms with E-state index in [2.05, 4.69) is 15.3 Å². The zero-order valence-electron chi connectivity index (χ0n) is 16.6. The highest BCUT2D eigenvalue weighted by molar-refractivity contribution is 5.96. The lowest BCUT2D eigenvalue weighted by molar-refractivity contribution is 0.0933. The Morgan fingerprint density at radius 3 is 2.59 bits per heavy atom. The Hall–Kier alpha value is -3.45. The van der Waals surface area contributed by atoms with Crippen molar-refractivity contribution in [3.05, 3.63) is 65.9 Å². The van der Waals surface area contributed by atoms with Crippen molar-refractivity contribution in [1.82, 2.24) is 15.3 Å². The first-order valence-corrected chi connectivity index (χ1v) is 9.14. The summed E-state index contributed by atoms with van der Waals surface area (Å²) >= 11 is 0. The molecule has 0 fully saturated rings. The first-order valence-electron chi connectivity index (χ1n) is 9.14. The van der Waals surface area contributed by atoms with Crippen molar-refractivity contribution in [2.45, 2.75) is 6.92 Å². The first kappa shape index (κ1) is 20.3. The van der Waals surface area contributed by atoms with Crippen LogP contribution in [0, 0.1) is 6.92 Å². The van der Waals surface area contributed by atoms with E-state index in [1.54, 1.807) is 20.3 Å². The number of carbonyl (C=O) groups excluding carboxylic acids is 1. The largest absolute Gasteiger partial charge is 0.493 e. The van der Waals surface area contributed by atoms with Crippen molar-refractivity contribution in [2.24, 2.45) is 0 Å². The highest BCUT2D eigenvalue weighted by atomic mass is 16.5. The topological polar surface area (TPSA) is 82.6 Å². The zero-order chi connectivity index (χ0) is 20.6. The van der Waals surface area contributed by atoms with Gasteiger partial charge < -0.3 is 19.5 Å². The molecule has 3 rings (SSSR count). The van der Waals surface area contributed by atoms with Crippen LogP contribution in [-0.4, -0.2) is 43.2 Å². The molecule has 1 heterocycles. The number of methoxy groups -OCH3 is 2. The van der Waals surface area contributed by atoms with Gasteiger partial charge in [0, 0.05) is 25.4 Å². The van der Waals surface area contributed by atoms with Crippen molar-refractivity contribution < 1.29 is 19.0 Å². The van der Waals surface area contributed by atoms with E-state index in [0.717, 1.165) is 11.1 Å². The summed E-state index contributed by atoms with van der Waals surface area (Å²) in [6, 6.07) is 15.0. The lowest BCUT2D eigenvalue weighted by Crippen LogP contribution is -2.27. The van der Waals surface area contributed by atoms with Crippen molar-refractivity contribution in [2.75, 3.05) is 27.4 Å². The Balaban J connectivity index is 1.99. The van der Waals surface area contributed by atoms with Gasteiger partial charge in [-0.1, -0.05) is 36.4 Å². The molecule has 0 aliphatic heterocycles. The molecule has 7 heteroatoms. The van der Waals surface area contributed by atoms with Crippen molar-refractivity contribution in [3.8, 4) is 28.8 Å². The highest BCUT2D eigenvalue weighted by Crippen LogP contribution is 2.33. The van der Waals surface area contributed by atoms with E-state index < -0.39 is 0 Å². The molecule has 7 nitrogen and oxygen atoms in total. The van der Waals surface area contributed by atoms with Crippen LogP contribution < -0.4 is 14.8 Å². The summed E-state index contributed by atoms with van der Waals surface area (Å²) in [4.78, 5) is 21.5. The maximum absolute atomic E-state index is 12.6. The number of nitrogens with zero attached hydrogens (tertiary/aromatic N) is 2. The van der Waals surface area contributed by atoms with Gasteiger partial charge in [0.05, 0.1) is 13.7 Å². The smallest absolute Gasteiger partial charge is 0.258 e. The average Bonchev–Trinajstić information content (AvgIpc) is 2.75. The summed E-state index contributed by atoms with van der Waals surface area (Å²) < 4.78 is 16.4. The average molecular weight is 393 g/mol. The van der Waals surface area contributed by atoms with Crippen molar-refractivity contribution in [3.63, 3.8) is 0 Å². The van der Waals surface area contributed by atoms with Crippen LogP contribution in [0.3, 0.4) is 0 Å². The van der Waals surface area contributed by atoms with Crippen LogP contribution in [0.25, 0.3) is 11.4 Å². The van der Waals surface area contributed by atoms with Gasteiger partial charge in [-0.15, -0.1) is 0 Å². The fourth-order valence-corrected chi connectivity index (χ4v) is 2.65. The SMILES string of the molecule is COCCNC(=O)c1cnc(-c2ccccc2)nc1Oc1ccc(C)cc1OC. The van der Waals surface area contributed by atoms with Gasteiger partial charge in [0.1, 0.15) is 5.56 Å². The Morgan fingerprint density at radius 1 is 1.07 bits per heavy atom. The minimum atomic E-state index is -0.345. The lowest BCUT2D eigenvalue weighted by Gasteiger charge is -2.14. The maximum atomic E-state index is 12.6. The molecule has 1 N–H and O–H groups in total. The minimum absolute atomic E-state index is 0.149. The molecule has 0 spiro atoms. The Labute approximate surface area is 169 Å². The summed E-state index contributed by atoms with van der Waals surface area (Å²) in [5, 5.41) is 2.77. The Kier molecular flexibility index (Phi) is 6.76. The van der Waals surface area contributed by atoms with Crippen LogP contribution in [0.5, 0.6) is 17.4 Å². The quantitative estimate of drug-likeness (QED) is 0.589. The molecule has 0 aliphatic carbocycles. The molecular formula is C22H23N3O4. The maximum Gasteiger partial charge on any atom is 0.258 e. The number of ether oxygens (including phenoxy) is 3. The molecule has 0 aliphatic rings. The molecule has 1 amide bonds. The molecule has 150 valence electrons. The minimum Gasteiger partial charge on any atom is -0.493 e. The van der Waals surface area contributed by atoms with E-state index in [1.165, 1.54) is 6.20 Å². The molecule has 3 aromatic rings. The predicted molar refractivity (Wildman–Crippen MR) is 109 cm³/mol.